The molecule has 1 amide bonds. The molecule has 1 rings (SSSR count). The van der Waals surface area contributed by atoms with Gasteiger partial charge in [0, 0.05) is 13.0 Å². The number of amides is 1. The second kappa shape index (κ2) is 10.9. The van der Waals surface area contributed by atoms with Gasteiger partial charge in [-0.1, -0.05) is 0 Å². The Morgan fingerprint density at radius 1 is 1.14 bits per heavy atom. The van der Waals surface area contributed by atoms with Gasteiger partial charge in [-0.3, -0.25) is 4.79 Å². The Morgan fingerprint density at radius 2 is 1.86 bits per heavy atom. The Labute approximate surface area is 125 Å². The molecule has 21 heavy (non-hydrogen) atoms. The largest absolute Gasteiger partial charge is 0.497 e. The molecule has 0 unspecified atom stereocenters. The van der Waals surface area contributed by atoms with Crippen molar-refractivity contribution in [2.24, 2.45) is 0 Å². The number of methoxy groups -OCH3 is 1. The van der Waals surface area contributed by atoms with Gasteiger partial charge in [-0.15, -0.1) is 0 Å². The summed E-state index contributed by atoms with van der Waals surface area (Å²) in [5, 5.41) is 11.2. The molecule has 1 aromatic rings. The van der Waals surface area contributed by atoms with Crippen molar-refractivity contribution in [3.05, 3.63) is 24.3 Å². The normalized spacial score (nSPS) is 10.2. The Balaban J connectivity index is 2.03. The lowest BCUT2D eigenvalue weighted by atomic mass is 10.3. The van der Waals surface area contributed by atoms with Crippen molar-refractivity contribution in [1.82, 2.24) is 5.32 Å². The Morgan fingerprint density at radius 3 is 2.52 bits per heavy atom. The number of hydrogen-bond donors (Lipinski definition) is 2. The minimum Gasteiger partial charge on any atom is -0.497 e. The number of carbonyl (C=O) groups is 1. The number of carbonyl (C=O) groups excluding carboxylic acids is 1. The van der Waals surface area contributed by atoms with Crippen LogP contribution < -0.4 is 14.8 Å². The molecule has 6 nitrogen and oxygen atoms in total. The van der Waals surface area contributed by atoms with Crippen molar-refractivity contribution in [1.29, 1.82) is 0 Å². The van der Waals surface area contributed by atoms with Gasteiger partial charge < -0.3 is 24.6 Å². The molecule has 0 atom stereocenters. The summed E-state index contributed by atoms with van der Waals surface area (Å²) in [5.41, 5.74) is 0. The topological polar surface area (TPSA) is 77.0 Å². The Hall–Kier alpha value is -1.79. The maximum Gasteiger partial charge on any atom is 0.220 e. The maximum atomic E-state index is 11.5. The van der Waals surface area contributed by atoms with Crippen LogP contribution in [0.5, 0.6) is 11.5 Å². The van der Waals surface area contributed by atoms with Gasteiger partial charge in [0.05, 0.1) is 33.5 Å². The summed E-state index contributed by atoms with van der Waals surface area (Å²) >= 11 is 0. The summed E-state index contributed by atoms with van der Waals surface area (Å²) in [5.74, 6) is 1.51. The summed E-state index contributed by atoms with van der Waals surface area (Å²) in [6, 6.07) is 7.32. The van der Waals surface area contributed by atoms with E-state index in [0.717, 1.165) is 11.5 Å². The molecular weight excluding hydrogens is 274 g/mol. The first-order valence-corrected chi connectivity index (χ1v) is 6.98. The second-order valence-corrected chi connectivity index (χ2v) is 4.31. The molecule has 0 bridgehead atoms. The number of benzene rings is 1. The van der Waals surface area contributed by atoms with Gasteiger partial charge in [0.1, 0.15) is 11.5 Å². The highest BCUT2D eigenvalue weighted by Crippen LogP contribution is 2.17. The highest BCUT2D eigenvalue weighted by atomic mass is 16.5. The molecule has 6 heteroatoms. The van der Waals surface area contributed by atoms with Crippen LogP contribution in [-0.4, -0.2) is 51.1 Å². The first kappa shape index (κ1) is 17.3. The van der Waals surface area contributed by atoms with Crippen LogP contribution in [0.25, 0.3) is 0 Å². The van der Waals surface area contributed by atoms with Gasteiger partial charge in [-0.25, -0.2) is 0 Å². The van der Waals surface area contributed by atoms with Gasteiger partial charge in [-0.05, 0) is 30.7 Å². The van der Waals surface area contributed by atoms with E-state index in [1.54, 1.807) is 7.11 Å². The highest BCUT2D eigenvalue weighted by Gasteiger charge is 2.01. The summed E-state index contributed by atoms with van der Waals surface area (Å²) < 4.78 is 15.6. The smallest absolute Gasteiger partial charge is 0.220 e. The van der Waals surface area contributed by atoms with Gasteiger partial charge in [0.15, 0.2) is 0 Å². The lowest BCUT2D eigenvalue weighted by Gasteiger charge is -2.08. The molecule has 0 aliphatic carbocycles. The van der Waals surface area contributed by atoms with Crippen LogP contribution >= 0.6 is 0 Å². The zero-order valence-corrected chi connectivity index (χ0v) is 12.3. The number of aliphatic hydroxyl groups excluding tert-OH is 1. The van der Waals surface area contributed by atoms with E-state index in [1.165, 1.54) is 0 Å². The van der Waals surface area contributed by atoms with E-state index in [9.17, 15) is 4.79 Å². The first-order chi connectivity index (χ1) is 10.3. The van der Waals surface area contributed by atoms with E-state index in [0.29, 0.717) is 39.2 Å². The number of hydrogen-bond acceptors (Lipinski definition) is 5. The molecule has 0 saturated heterocycles. The van der Waals surface area contributed by atoms with Crippen molar-refractivity contribution < 1.29 is 24.1 Å². The molecule has 118 valence electrons. The fourth-order valence-electron chi connectivity index (χ4n) is 1.61. The predicted molar refractivity (Wildman–Crippen MR) is 78.6 cm³/mol. The summed E-state index contributed by atoms with van der Waals surface area (Å²) in [6.07, 6.45) is 1.06. The van der Waals surface area contributed by atoms with Crippen LogP contribution in [0.3, 0.4) is 0 Å². The van der Waals surface area contributed by atoms with E-state index in [2.05, 4.69) is 5.32 Å². The van der Waals surface area contributed by atoms with Gasteiger partial charge in [0.25, 0.3) is 0 Å². The molecule has 0 saturated carbocycles. The van der Waals surface area contributed by atoms with E-state index in [4.69, 9.17) is 19.3 Å². The van der Waals surface area contributed by atoms with Crippen molar-refractivity contribution in [2.45, 2.75) is 12.8 Å². The molecule has 2 N–H and O–H groups in total. The van der Waals surface area contributed by atoms with Crippen LogP contribution in [0.15, 0.2) is 24.3 Å². The van der Waals surface area contributed by atoms with E-state index in [1.807, 2.05) is 24.3 Å². The van der Waals surface area contributed by atoms with Crippen molar-refractivity contribution in [2.75, 3.05) is 40.1 Å². The van der Waals surface area contributed by atoms with Crippen molar-refractivity contribution >= 4 is 5.91 Å². The van der Waals surface area contributed by atoms with Crippen LogP contribution in [0.4, 0.5) is 0 Å². The van der Waals surface area contributed by atoms with Crippen LogP contribution in [-0.2, 0) is 9.53 Å². The number of nitrogens with one attached hydrogen (secondary N) is 1. The van der Waals surface area contributed by atoms with Crippen molar-refractivity contribution in [3.63, 3.8) is 0 Å². The SMILES string of the molecule is COc1ccc(OCCCC(=O)NCCOCCO)cc1. The van der Waals surface area contributed by atoms with Crippen LogP contribution in [0.1, 0.15) is 12.8 Å². The number of rotatable bonds is 11. The summed E-state index contributed by atoms with van der Waals surface area (Å²) in [4.78, 5) is 11.5. The lowest BCUT2D eigenvalue weighted by molar-refractivity contribution is -0.121. The molecule has 0 fully saturated rings. The third kappa shape index (κ3) is 8.16. The first-order valence-electron chi connectivity index (χ1n) is 6.98. The fourth-order valence-corrected chi connectivity index (χ4v) is 1.61. The highest BCUT2D eigenvalue weighted by molar-refractivity contribution is 5.75. The number of ether oxygens (including phenoxy) is 3. The lowest BCUT2D eigenvalue weighted by Crippen LogP contribution is -2.27. The average molecular weight is 297 g/mol. The van der Waals surface area contributed by atoms with Gasteiger partial charge >= 0.3 is 0 Å². The summed E-state index contributed by atoms with van der Waals surface area (Å²) in [6.45, 7) is 1.65. The third-order valence-corrected chi connectivity index (χ3v) is 2.68. The van der Waals surface area contributed by atoms with Crippen LogP contribution in [0.2, 0.25) is 0 Å². The summed E-state index contributed by atoms with van der Waals surface area (Å²) in [7, 11) is 1.61. The van der Waals surface area contributed by atoms with Crippen LogP contribution in [0, 0.1) is 0 Å². The predicted octanol–water partition coefficient (Wildman–Crippen LogP) is 0.979. The molecule has 1 aromatic carbocycles. The zero-order valence-electron chi connectivity index (χ0n) is 12.3. The molecular formula is C15H23NO5. The zero-order chi connectivity index (χ0) is 15.3. The molecule has 0 aliphatic heterocycles. The number of aliphatic hydroxyl groups is 1. The Kier molecular flexibility index (Phi) is 8.99. The van der Waals surface area contributed by atoms with E-state index in [-0.39, 0.29) is 12.5 Å². The Bertz CT molecular complexity index is 394. The quantitative estimate of drug-likeness (QED) is 0.595. The minimum atomic E-state index is -0.0269. The molecule has 0 aromatic heterocycles. The molecule has 0 radical (unpaired) electrons. The molecule has 0 heterocycles. The van der Waals surface area contributed by atoms with E-state index < -0.39 is 0 Å². The third-order valence-electron chi connectivity index (χ3n) is 2.68. The standard InChI is InChI=1S/C15H23NO5/c1-19-13-4-6-14(7-5-13)21-10-2-3-15(18)16-8-11-20-12-9-17/h4-7,17H,2-3,8-12H2,1H3,(H,16,18). The average Bonchev–Trinajstić information content (AvgIpc) is 2.52. The molecule has 0 aliphatic rings. The van der Waals surface area contributed by atoms with Gasteiger partial charge in [0.2, 0.25) is 5.91 Å². The van der Waals surface area contributed by atoms with Gasteiger partial charge in [-0.2, -0.15) is 0 Å². The molecule has 0 spiro atoms. The maximum absolute atomic E-state index is 11.5. The second-order valence-electron chi connectivity index (χ2n) is 4.31. The monoisotopic (exact) mass is 297 g/mol. The minimum absolute atomic E-state index is 0.00333. The van der Waals surface area contributed by atoms with E-state index >= 15 is 0 Å². The fraction of sp³-hybridized carbons (Fsp3) is 0.533. The van der Waals surface area contributed by atoms with Crippen molar-refractivity contribution in [3.8, 4) is 11.5 Å².